The molecule has 1 aromatic carbocycles. The van der Waals surface area contributed by atoms with Crippen LogP contribution in [0.1, 0.15) is 5.56 Å². The van der Waals surface area contributed by atoms with Crippen LogP contribution in [0.15, 0.2) is 40.6 Å². The highest BCUT2D eigenvalue weighted by Crippen LogP contribution is 2.31. The maximum atomic E-state index is 13.8. The van der Waals surface area contributed by atoms with Gasteiger partial charge in [0, 0.05) is 19.4 Å². The van der Waals surface area contributed by atoms with Crippen LogP contribution in [0, 0.1) is 5.82 Å². The third kappa shape index (κ3) is 2.68. The van der Waals surface area contributed by atoms with Gasteiger partial charge in [-0.2, -0.15) is 0 Å². The Morgan fingerprint density at radius 1 is 1.47 bits per heavy atom. The second-order valence-electron chi connectivity index (χ2n) is 3.69. The standard InChI is InChI=1S/C12H14FN3S/c1-16-8-7-15-12(16)17-11-9(5-6-14)3-2-4-10(11)13/h2-4,7-8H,5-6,14H2,1H3. The number of aromatic nitrogens is 2. The summed E-state index contributed by atoms with van der Waals surface area (Å²) in [4.78, 5) is 4.80. The second-order valence-corrected chi connectivity index (χ2v) is 4.67. The maximum absolute atomic E-state index is 13.8. The molecule has 0 bridgehead atoms. The van der Waals surface area contributed by atoms with E-state index in [4.69, 9.17) is 5.73 Å². The number of aryl methyl sites for hydroxylation is 1. The fourth-order valence-electron chi connectivity index (χ4n) is 1.56. The van der Waals surface area contributed by atoms with Crippen LogP contribution >= 0.6 is 11.8 Å². The van der Waals surface area contributed by atoms with Crippen molar-refractivity contribution in [3.05, 3.63) is 42.0 Å². The van der Waals surface area contributed by atoms with Gasteiger partial charge in [-0.15, -0.1) is 0 Å². The molecule has 1 heterocycles. The second kappa shape index (κ2) is 5.33. The van der Waals surface area contributed by atoms with Crippen molar-refractivity contribution in [1.82, 2.24) is 9.55 Å². The lowest BCUT2D eigenvalue weighted by Crippen LogP contribution is -2.04. The van der Waals surface area contributed by atoms with E-state index < -0.39 is 0 Å². The van der Waals surface area contributed by atoms with Crippen LogP contribution in [0.25, 0.3) is 0 Å². The zero-order valence-corrected chi connectivity index (χ0v) is 10.4. The molecule has 0 aliphatic carbocycles. The van der Waals surface area contributed by atoms with E-state index in [1.807, 2.05) is 23.9 Å². The monoisotopic (exact) mass is 251 g/mol. The molecule has 0 fully saturated rings. The molecule has 0 spiro atoms. The molecule has 2 aromatic rings. The van der Waals surface area contributed by atoms with E-state index in [1.165, 1.54) is 17.8 Å². The van der Waals surface area contributed by atoms with E-state index in [2.05, 4.69) is 4.98 Å². The van der Waals surface area contributed by atoms with Gasteiger partial charge < -0.3 is 10.3 Å². The van der Waals surface area contributed by atoms with Gasteiger partial charge in [-0.05, 0) is 36.4 Å². The third-order valence-electron chi connectivity index (χ3n) is 2.43. The number of hydrogen-bond donors (Lipinski definition) is 1. The normalized spacial score (nSPS) is 10.8. The van der Waals surface area contributed by atoms with E-state index in [-0.39, 0.29) is 5.82 Å². The molecule has 3 nitrogen and oxygen atoms in total. The van der Waals surface area contributed by atoms with Gasteiger partial charge in [-0.3, -0.25) is 0 Å². The van der Waals surface area contributed by atoms with Gasteiger partial charge in [0.15, 0.2) is 5.16 Å². The molecule has 2 N–H and O–H groups in total. The summed E-state index contributed by atoms with van der Waals surface area (Å²) in [5.41, 5.74) is 6.46. The van der Waals surface area contributed by atoms with E-state index in [0.29, 0.717) is 17.9 Å². The Bertz CT molecular complexity index is 510. The highest BCUT2D eigenvalue weighted by Gasteiger charge is 2.11. The SMILES string of the molecule is Cn1ccnc1Sc1c(F)cccc1CCN. The zero-order chi connectivity index (χ0) is 12.3. The first-order valence-electron chi connectivity index (χ1n) is 5.35. The molecule has 0 unspecified atom stereocenters. The Labute approximate surface area is 104 Å². The van der Waals surface area contributed by atoms with Crippen LogP contribution < -0.4 is 5.73 Å². The van der Waals surface area contributed by atoms with Gasteiger partial charge >= 0.3 is 0 Å². The molecule has 0 aliphatic rings. The molecule has 0 radical (unpaired) electrons. The summed E-state index contributed by atoms with van der Waals surface area (Å²) in [6.07, 6.45) is 4.21. The number of halogens is 1. The summed E-state index contributed by atoms with van der Waals surface area (Å²) in [7, 11) is 1.89. The number of benzene rings is 1. The molecular formula is C12H14FN3S. The van der Waals surface area contributed by atoms with E-state index in [1.54, 1.807) is 12.3 Å². The molecular weight excluding hydrogens is 237 g/mol. The quantitative estimate of drug-likeness (QED) is 0.906. The number of hydrogen-bond acceptors (Lipinski definition) is 3. The van der Waals surface area contributed by atoms with Crippen molar-refractivity contribution in [1.29, 1.82) is 0 Å². The molecule has 0 aliphatic heterocycles. The average molecular weight is 251 g/mol. The summed E-state index contributed by atoms with van der Waals surface area (Å²) < 4.78 is 15.7. The molecule has 2 rings (SSSR count). The first kappa shape index (κ1) is 12.1. The highest BCUT2D eigenvalue weighted by molar-refractivity contribution is 7.99. The predicted molar refractivity (Wildman–Crippen MR) is 66.5 cm³/mol. The van der Waals surface area contributed by atoms with Crippen LogP contribution in [-0.4, -0.2) is 16.1 Å². The first-order chi connectivity index (χ1) is 8.22. The molecule has 0 saturated heterocycles. The summed E-state index contributed by atoms with van der Waals surface area (Å²) in [5.74, 6) is -0.219. The minimum absolute atomic E-state index is 0.219. The average Bonchev–Trinajstić information content (AvgIpc) is 2.70. The highest BCUT2D eigenvalue weighted by atomic mass is 32.2. The fourth-order valence-corrected chi connectivity index (χ4v) is 2.53. The van der Waals surface area contributed by atoms with Crippen molar-refractivity contribution in [2.45, 2.75) is 16.5 Å². The summed E-state index contributed by atoms with van der Waals surface area (Å²) in [5, 5.41) is 0.772. The predicted octanol–water partition coefficient (Wildman–Crippen LogP) is 2.21. The van der Waals surface area contributed by atoms with Crippen LogP contribution in [0.3, 0.4) is 0 Å². The molecule has 1 aromatic heterocycles. The number of nitrogens with zero attached hydrogens (tertiary/aromatic N) is 2. The lowest BCUT2D eigenvalue weighted by Gasteiger charge is -2.09. The summed E-state index contributed by atoms with van der Waals surface area (Å²) in [6, 6.07) is 5.08. The van der Waals surface area contributed by atoms with Gasteiger partial charge in [0.25, 0.3) is 0 Å². The fraction of sp³-hybridized carbons (Fsp3) is 0.250. The summed E-state index contributed by atoms with van der Waals surface area (Å²) >= 11 is 1.34. The van der Waals surface area contributed by atoms with Crippen LogP contribution in [-0.2, 0) is 13.5 Å². The summed E-state index contributed by atoms with van der Waals surface area (Å²) in [6.45, 7) is 0.511. The van der Waals surface area contributed by atoms with Gasteiger partial charge in [0.05, 0.1) is 4.90 Å². The molecule has 90 valence electrons. The van der Waals surface area contributed by atoms with Crippen molar-refractivity contribution in [3.8, 4) is 0 Å². The Kier molecular flexibility index (Phi) is 3.81. The molecule has 0 saturated carbocycles. The number of nitrogens with two attached hydrogens (primary N) is 1. The van der Waals surface area contributed by atoms with Crippen molar-refractivity contribution in [2.24, 2.45) is 12.8 Å². The molecule has 17 heavy (non-hydrogen) atoms. The van der Waals surface area contributed by atoms with Crippen molar-refractivity contribution >= 4 is 11.8 Å². The Morgan fingerprint density at radius 2 is 2.29 bits per heavy atom. The Hall–Kier alpha value is -1.33. The van der Waals surface area contributed by atoms with Gasteiger partial charge in [-0.1, -0.05) is 12.1 Å². The molecule has 0 atom stereocenters. The van der Waals surface area contributed by atoms with E-state index in [9.17, 15) is 4.39 Å². The first-order valence-corrected chi connectivity index (χ1v) is 6.16. The van der Waals surface area contributed by atoms with E-state index >= 15 is 0 Å². The van der Waals surface area contributed by atoms with Crippen molar-refractivity contribution in [2.75, 3.05) is 6.54 Å². The topological polar surface area (TPSA) is 43.8 Å². The minimum Gasteiger partial charge on any atom is -0.330 e. The number of imidazole rings is 1. The Balaban J connectivity index is 2.34. The number of rotatable bonds is 4. The van der Waals surface area contributed by atoms with Crippen LogP contribution in [0.5, 0.6) is 0 Å². The largest absolute Gasteiger partial charge is 0.330 e. The minimum atomic E-state index is -0.219. The lowest BCUT2D eigenvalue weighted by molar-refractivity contribution is 0.596. The van der Waals surface area contributed by atoms with Crippen LogP contribution in [0.4, 0.5) is 4.39 Å². The lowest BCUT2D eigenvalue weighted by atomic mass is 10.1. The van der Waals surface area contributed by atoms with Crippen molar-refractivity contribution < 1.29 is 4.39 Å². The third-order valence-corrected chi connectivity index (χ3v) is 3.67. The molecule has 5 heteroatoms. The van der Waals surface area contributed by atoms with Crippen LogP contribution in [0.2, 0.25) is 0 Å². The molecule has 0 amide bonds. The smallest absolute Gasteiger partial charge is 0.172 e. The Morgan fingerprint density at radius 3 is 2.94 bits per heavy atom. The maximum Gasteiger partial charge on any atom is 0.172 e. The zero-order valence-electron chi connectivity index (χ0n) is 9.56. The van der Waals surface area contributed by atoms with Crippen molar-refractivity contribution in [3.63, 3.8) is 0 Å². The van der Waals surface area contributed by atoms with Gasteiger partial charge in [-0.25, -0.2) is 9.37 Å². The van der Waals surface area contributed by atoms with Gasteiger partial charge in [0.1, 0.15) is 5.82 Å². The van der Waals surface area contributed by atoms with Gasteiger partial charge in [0.2, 0.25) is 0 Å². The van der Waals surface area contributed by atoms with E-state index in [0.717, 1.165) is 10.7 Å².